The topological polar surface area (TPSA) is 94.1 Å². The lowest BCUT2D eigenvalue weighted by molar-refractivity contribution is -0.198. The zero-order valence-electron chi connectivity index (χ0n) is 12.7. The Bertz CT molecular complexity index is 418. The van der Waals surface area contributed by atoms with Crippen LogP contribution in [0.15, 0.2) is 0 Å². The third-order valence-corrected chi connectivity index (χ3v) is 4.57. The number of ether oxygens (including phenoxy) is 3. The third kappa shape index (κ3) is 2.65. The first-order valence-electron chi connectivity index (χ1n) is 7.21. The van der Waals surface area contributed by atoms with Gasteiger partial charge in [-0.05, 0) is 6.92 Å². The minimum absolute atomic E-state index is 0.150. The Kier molecular flexibility index (Phi) is 4.55. The summed E-state index contributed by atoms with van der Waals surface area (Å²) in [5.41, 5.74) is -2.02. The van der Waals surface area contributed by atoms with E-state index >= 15 is 0 Å². The summed E-state index contributed by atoms with van der Waals surface area (Å²) >= 11 is 0. The molecule has 0 spiro atoms. The third-order valence-electron chi connectivity index (χ3n) is 4.57. The molecule has 0 aromatic heterocycles. The highest BCUT2D eigenvalue weighted by Crippen LogP contribution is 2.51. The predicted octanol–water partition coefficient (Wildman–Crippen LogP) is 0.176. The molecule has 0 unspecified atom stereocenters. The van der Waals surface area contributed by atoms with Crippen LogP contribution in [0.2, 0.25) is 0 Å². The smallest absolute Gasteiger partial charge is 0.330 e. The Morgan fingerprint density at radius 2 is 2.10 bits per heavy atom. The van der Waals surface area contributed by atoms with Gasteiger partial charge in [0.1, 0.15) is 5.54 Å². The molecule has 7 nitrogen and oxygen atoms in total. The number of nitrogens with one attached hydrogen (secondary N) is 1. The lowest BCUT2D eigenvalue weighted by atomic mass is 9.54. The Hall–Kier alpha value is -1.18. The van der Waals surface area contributed by atoms with Crippen LogP contribution in [0.4, 0.5) is 0 Å². The van der Waals surface area contributed by atoms with Gasteiger partial charge < -0.3 is 24.6 Å². The van der Waals surface area contributed by atoms with Crippen LogP contribution in [0.3, 0.4) is 0 Å². The molecule has 1 heterocycles. The van der Waals surface area contributed by atoms with Crippen LogP contribution in [-0.4, -0.2) is 61.2 Å². The van der Waals surface area contributed by atoms with Crippen molar-refractivity contribution in [3.05, 3.63) is 0 Å². The zero-order valence-corrected chi connectivity index (χ0v) is 12.7. The van der Waals surface area contributed by atoms with Gasteiger partial charge in [-0.3, -0.25) is 4.79 Å². The lowest BCUT2D eigenvalue weighted by Gasteiger charge is -2.58. The van der Waals surface area contributed by atoms with Crippen LogP contribution in [0, 0.1) is 5.41 Å². The highest BCUT2D eigenvalue weighted by molar-refractivity contribution is 5.91. The average molecular weight is 301 g/mol. The van der Waals surface area contributed by atoms with Crippen molar-refractivity contribution in [2.75, 3.05) is 26.4 Å². The number of carboxylic acid groups (broad SMARTS) is 1. The number of rotatable bonds is 5. The molecule has 1 saturated heterocycles. The van der Waals surface area contributed by atoms with Crippen LogP contribution in [-0.2, 0) is 23.8 Å². The van der Waals surface area contributed by atoms with Gasteiger partial charge in [-0.25, -0.2) is 4.79 Å². The maximum Gasteiger partial charge on any atom is 0.330 e. The fourth-order valence-corrected chi connectivity index (χ4v) is 2.97. The Morgan fingerprint density at radius 3 is 2.57 bits per heavy atom. The zero-order chi connectivity index (χ0) is 15.7. The minimum Gasteiger partial charge on any atom is -0.479 e. The van der Waals surface area contributed by atoms with Crippen molar-refractivity contribution in [3.8, 4) is 0 Å². The molecule has 120 valence electrons. The van der Waals surface area contributed by atoms with E-state index in [9.17, 15) is 14.7 Å². The van der Waals surface area contributed by atoms with Gasteiger partial charge >= 0.3 is 5.97 Å². The summed E-state index contributed by atoms with van der Waals surface area (Å²) in [7, 11) is 0. The number of aliphatic carboxylic acids is 1. The molecule has 1 aliphatic heterocycles. The van der Waals surface area contributed by atoms with Crippen molar-refractivity contribution in [2.45, 2.75) is 44.9 Å². The van der Waals surface area contributed by atoms with Crippen LogP contribution < -0.4 is 5.32 Å². The van der Waals surface area contributed by atoms with E-state index in [-0.39, 0.29) is 19.1 Å². The highest BCUT2D eigenvalue weighted by Gasteiger charge is 2.66. The molecule has 3 atom stereocenters. The molecule has 2 fully saturated rings. The van der Waals surface area contributed by atoms with Gasteiger partial charge in [0.25, 0.3) is 5.91 Å². The van der Waals surface area contributed by atoms with Gasteiger partial charge in [0.05, 0.1) is 25.9 Å². The largest absolute Gasteiger partial charge is 0.479 e. The van der Waals surface area contributed by atoms with Gasteiger partial charge in [-0.15, -0.1) is 0 Å². The molecule has 2 aliphatic rings. The van der Waals surface area contributed by atoms with E-state index in [2.05, 4.69) is 5.32 Å². The van der Waals surface area contributed by atoms with Crippen LogP contribution in [0.5, 0.6) is 0 Å². The van der Waals surface area contributed by atoms with E-state index in [1.807, 2.05) is 6.92 Å². The van der Waals surface area contributed by atoms with Gasteiger partial charge in [0, 0.05) is 18.4 Å². The van der Waals surface area contributed by atoms with Crippen molar-refractivity contribution in [3.63, 3.8) is 0 Å². The second kappa shape index (κ2) is 5.90. The second-order valence-electron chi connectivity index (χ2n) is 6.00. The number of amides is 1. The van der Waals surface area contributed by atoms with E-state index in [0.717, 1.165) is 0 Å². The maximum atomic E-state index is 12.2. The normalized spacial score (nSPS) is 34.8. The summed E-state index contributed by atoms with van der Waals surface area (Å²) in [6.07, 6.45) is -0.693. The molecule has 7 heteroatoms. The Morgan fingerprint density at radius 1 is 1.38 bits per heavy atom. The van der Waals surface area contributed by atoms with Gasteiger partial charge in [-0.1, -0.05) is 13.8 Å². The molecule has 21 heavy (non-hydrogen) atoms. The summed E-state index contributed by atoms with van der Waals surface area (Å²) in [6.45, 7) is 6.90. The first-order chi connectivity index (χ1) is 9.85. The van der Waals surface area contributed by atoms with Gasteiger partial charge in [0.15, 0.2) is 6.10 Å². The Balaban J connectivity index is 2.10. The molecular formula is C14H23NO6. The predicted molar refractivity (Wildman–Crippen MR) is 72.9 cm³/mol. The van der Waals surface area contributed by atoms with E-state index < -0.39 is 28.9 Å². The highest BCUT2D eigenvalue weighted by atomic mass is 16.6. The van der Waals surface area contributed by atoms with Crippen LogP contribution in [0.1, 0.15) is 27.2 Å². The van der Waals surface area contributed by atoms with E-state index in [0.29, 0.717) is 19.8 Å². The van der Waals surface area contributed by atoms with Gasteiger partial charge in [0.2, 0.25) is 0 Å². The van der Waals surface area contributed by atoms with Crippen molar-refractivity contribution in [1.82, 2.24) is 5.32 Å². The molecule has 0 aromatic rings. The standard InChI is InChI=1S/C14H23NO6/c1-4-20-10-7-14(12(17)18,13(10,2)3)15-11(16)9-8-19-5-6-21-9/h9-10H,4-8H2,1-3H3,(H,15,16)(H,17,18)/t9-,10+,14-/m0/s1. The molecule has 1 amide bonds. The molecule has 0 aromatic carbocycles. The molecule has 2 N–H and O–H groups in total. The molecular weight excluding hydrogens is 278 g/mol. The Labute approximate surface area is 123 Å². The van der Waals surface area contributed by atoms with Crippen molar-refractivity contribution >= 4 is 11.9 Å². The number of hydrogen-bond acceptors (Lipinski definition) is 5. The number of carbonyl (C=O) groups excluding carboxylic acids is 1. The summed E-state index contributed by atoms with van der Waals surface area (Å²) in [5.74, 6) is -1.49. The first kappa shape index (κ1) is 16.2. The number of carbonyl (C=O) groups is 2. The number of carboxylic acids is 1. The van der Waals surface area contributed by atoms with E-state index in [1.54, 1.807) is 13.8 Å². The summed E-state index contributed by atoms with van der Waals surface area (Å²) in [5, 5.41) is 12.3. The minimum atomic E-state index is -1.33. The molecule has 1 aliphatic carbocycles. The van der Waals surface area contributed by atoms with Crippen molar-refractivity contribution in [2.24, 2.45) is 5.41 Å². The lowest BCUT2D eigenvalue weighted by Crippen LogP contribution is -2.77. The average Bonchev–Trinajstić information content (AvgIpc) is 2.46. The summed E-state index contributed by atoms with van der Waals surface area (Å²) in [4.78, 5) is 24.0. The van der Waals surface area contributed by atoms with Crippen LogP contribution >= 0.6 is 0 Å². The fourth-order valence-electron chi connectivity index (χ4n) is 2.97. The molecule has 0 bridgehead atoms. The molecule has 2 rings (SSSR count). The van der Waals surface area contributed by atoms with E-state index in [4.69, 9.17) is 14.2 Å². The second-order valence-corrected chi connectivity index (χ2v) is 6.00. The monoisotopic (exact) mass is 301 g/mol. The quantitative estimate of drug-likeness (QED) is 0.752. The molecule has 0 radical (unpaired) electrons. The van der Waals surface area contributed by atoms with E-state index in [1.165, 1.54) is 0 Å². The maximum absolute atomic E-state index is 12.2. The van der Waals surface area contributed by atoms with Crippen LogP contribution in [0.25, 0.3) is 0 Å². The fraction of sp³-hybridized carbons (Fsp3) is 0.857. The summed E-state index contributed by atoms with van der Waals surface area (Å²) < 4.78 is 16.1. The first-order valence-corrected chi connectivity index (χ1v) is 7.21. The molecule has 1 saturated carbocycles. The van der Waals surface area contributed by atoms with Crippen molar-refractivity contribution in [1.29, 1.82) is 0 Å². The SMILES string of the molecule is CCO[C@@H]1C[C@](NC(=O)[C@@H]2COCCO2)(C(=O)O)C1(C)C. The summed E-state index contributed by atoms with van der Waals surface area (Å²) in [6, 6.07) is 0. The van der Waals surface area contributed by atoms with Crippen molar-refractivity contribution < 1.29 is 28.9 Å². The van der Waals surface area contributed by atoms with Gasteiger partial charge in [-0.2, -0.15) is 0 Å². The number of hydrogen-bond donors (Lipinski definition) is 2.